The average molecular weight is 250 g/mol. The molecule has 0 radical (unpaired) electrons. The molecule has 0 spiro atoms. The van der Waals surface area contributed by atoms with Crippen LogP contribution in [0.25, 0.3) is 0 Å². The van der Waals surface area contributed by atoms with Gasteiger partial charge in [0.25, 0.3) is 5.56 Å². The summed E-state index contributed by atoms with van der Waals surface area (Å²) < 4.78 is 1.70. The molecule has 1 aliphatic rings. The molecule has 0 bridgehead atoms. The Morgan fingerprint density at radius 3 is 3.00 bits per heavy atom. The lowest BCUT2D eigenvalue weighted by atomic mass is 9.91. The standard InChI is InChI=1S/C13H22N4O/c1-2-8-17-9-7-15-12(13(17)18)16-11-6-4-3-5-10(11)14/h7,9-11H,2-6,8,14H2,1H3,(H,15,16). The number of aromatic nitrogens is 2. The summed E-state index contributed by atoms with van der Waals surface area (Å²) in [6.07, 6.45) is 8.74. The predicted octanol–water partition coefficient (Wildman–Crippen LogP) is 1.34. The van der Waals surface area contributed by atoms with Gasteiger partial charge in [-0.25, -0.2) is 4.98 Å². The van der Waals surface area contributed by atoms with E-state index in [9.17, 15) is 4.79 Å². The fraction of sp³-hybridized carbons (Fsp3) is 0.692. The molecule has 18 heavy (non-hydrogen) atoms. The maximum Gasteiger partial charge on any atom is 0.293 e. The van der Waals surface area contributed by atoms with Crippen molar-refractivity contribution in [2.45, 2.75) is 57.7 Å². The Hall–Kier alpha value is -1.36. The first kappa shape index (κ1) is 13.1. The first-order valence-electron chi connectivity index (χ1n) is 6.80. The van der Waals surface area contributed by atoms with E-state index < -0.39 is 0 Å². The van der Waals surface area contributed by atoms with Crippen molar-refractivity contribution in [2.75, 3.05) is 5.32 Å². The summed E-state index contributed by atoms with van der Waals surface area (Å²) in [5.41, 5.74) is 6.03. The second-order valence-electron chi connectivity index (χ2n) is 4.97. The first-order chi connectivity index (χ1) is 8.72. The minimum absolute atomic E-state index is 0.0443. The molecule has 100 valence electrons. The Morgan fingerprint density at radius 1 is 1.50 bits per heavy atom. The monoisotopic (exact) mass is 250 g/mol. The van der Waals surface area contributed by atoms with Crippen molar-refractivity contribution >= 4 is 5.82 Å². The Bertz CT molecular complexity index is 443. The third-order valence-electron chi connectivity index (χ3n) is 3.52. The van der Waals surface area contributed by atoms with Crippen LogP contribution in [0.3, 0.4) is 0 Å². The molecule has 2 unspecified atom stereocenters. The van der Waals surface area contributed by atoms with Crippen molar-refractivity contribution in [3.8, 4) is 0 Å². The smallest absolute Gasteiger partial charge is 0.293 e. The summed E-state index contributed by atoms with van der Waals surface area (Å²) >= 11 is 0. The molecule has 1 fully saturated rings. The highest BCUT2D eigenvalue weighted by Gasteiger charge is 2.22. The normalized spacial score (nSPS) is 23.9. The zero-order valence-corrected chi connectivity index (χ0v) is 10.9. The molecule has 1 aromatic heterocycles. The maximum atomic E-state index is 12.1. The summed E-state index contributed by atoms with van der Waals surface area (Å²) in [5.74, 6) is 0.438. The Kier molecular flexibility index (Phi) is 4.36. The number of nitrogens with two attached hydrogens (primary N) is 1. The molecule has 0 amide bonds. The van der Waals surface area contributed by atoms with Crippen molar-refractivity contribution in [3.05, 3.63) is 22.7 Å². The predicted molar refractivity (Wildman–Crippen MR) is 72.6 cm³/mol. The lowest BCUT2D eigenvalue weighted by Gasteiger charge is -2.29. The summed E-state index contributed by atoms with van der Waals surface area (Å²) in [6, 6.07) is 0.302. The van der Waals surface area contributed by atoms with Crippen LogP contribution in [0.4, 0.5) is 5.82 Å². The van der Waals surface area contributed by atoms with Crippen LogP contribution in [0.2, 0.25) is 0 Å². The molecule has 0 saturated heterocycles. The molecule has 1 aliphatic carbocycles. The molecular weight excluding hydrogens is 228 g/mol. The van der Waals surface area contributed by atoms with Gasteiger partial charge in [-0.3, -0.25) is 4.79 Å². The number of nitrogens with one attached hydrogen (secondary N) is 1. The number of aryl methyl sites for hydroxylation is 1. The highest BCUT2D eigenvalue weighted by molar-refractivity contribution is 5.33. The summed E-state index contributed by atoms with van der Waals surface area (Å²) in [5, 5.41) is 3.23. The fourth-order valence-electron chi connectivity index (χ4n) is 2.48. The molecule has 3 N–H and O–H groups in total. The third-order valence-corrected chi connectivity index (χ3v) is 3.52. The van der Waals surface area contributed by atoms with Gasteiger partial charge >= 0.3 is 0 Å². The van der Waals surface area contributed by atoms with Gasteiger partial charge < -0.3 is 15.6 Å². The van der Waals surface area contributed by atoms with Gasteiger partial charge in [0.05, 0.1) is 0 Å². The molecule has 2 atom stereocenters. The van der Waals surface area contributed by atoms with Gasteiger partial charge in [0.1, 0.15) is 0 Å². The average Bonchev–Trinajstić information content (AvgIpc) is 2.37. The number of hydrogen-bond acceptors (Lipinski definition) is 4. The van der Waals surface area contributed by atoms with E-state index in [1.807, 2.05) is 0 Å². The van der Waals surface area contributed by atoms with Crippen LogP contribution in [-0.4, -0.2) is 21.6 Å². The number of hydrogen-bond donors (Lipinski definition) is 2. The van der Waals surface area contributed by atoms with Gasteiger partial charge in [-0.1, -0.05) is 19.8 Å². The van der Waals surface area contributed by atoms with Crippen LogP contribution in [0.1, 0.15) is 39.0 Å². The summed E-state index contributed by atoms with van der Waals surface area (Å²) in [4.78, 5) is 16.3. The zero-order valence-electron chi connectivity index (χ0n) is 10.9. The van der Waals surface area contributed by atoms with Crippen LogP contribution in [0.5, 0.6) is 0 Å². The van der Waals surface area contributed by atoms with E-state index in [-0.39, 0.29) is 17.6 Å². The summed E-state index contributed by atoms with van der Waals surface area (Å²) in [7, 11) is 0. The van der Waals surface area contributed by atoms with Crippen LogP contribution in [-0.2, 0) is 6.54 Å². The highest BCUT2D eigenvalue weighted by atomic mass is 16.1. The first-order valence-corrected chi connectivity index (χ1v) is 6.80. The molecule has 1 saturated carbocycles. The summed E-state index contributed by atoms with van der Waals surface area (Å²) in [6.45, 7) is 2.78. The maximum absolute atomic E-state index is 12.1. The van der Waals surface area contributed by atoms with Crippen molar-refractivity contribution < 1.29 is 0 Å². The number of anilines is 1. The van der Waals surface area contributed by atoms with Crippen LogP contribution in [0.15, 0.2) is 17.2 Å². The van der Waals surface area contributed by atoms with Crippen molar-refractivity contribution in [1.29, 1.82) is 0 Å². The minimum atomic E-state index is -0.0443. The van der Waals surface area contributed by atoms with E-state index in [0.717, 1.165) is 25.8 Å². The number of rotatable bonds is 4. The van der Waals surface area contributed by atoms with Crippen molar-refractivity contribution in [3.63, 3.8) is 0 Å². The lowest BCUT2D eigenvalue weighted by Crippen LogP contribution is -2.44. The molecule has 1 aromatic rings. The van der Waals surface area contributed by atoms with Crippen molar-refractivity contribution in [2.24, 2.45) is 5.73 Å². The number of nitrogens with zero attached hydrogens (tertiary/aromatic N) is 2. The van der Waals surface area contributed by atoms with Crippen LogP contribution in [0, 0.1) is 0 Å². The highest BCUT2D eigenvalue weighted by Crippen LogP contribution is 2.19. The van der Waals surface area contributed by atoms with E-state index in [1.54, 1.807) is 17.0 Å². The topological polar surface area (TPSA) is 72.9 Å². The molecule has 5 nitrogen and oxygen atoms in total. The van der Waals surface area contributed by atoms with E-state index in [1.165, 1.54) is 12.8 Å². The second kappa shape index (κ2) is 6.00. The lowest BCUT2D eigenvalue weighted by molar-refractivity contribution is 0.402. The van der Waals surface area contributed by atoms with Crippen molar-refractivity contribution in [1.82, 2.24) is 9.55 Å². The van der Waals surface area contributed by atoms with Crippen LogP contribution >= 0.6 is 0 Å². The minimum Gasteiger partial charge on any atom is -0.361 e. The van der Waals surface area contributed by atoms with Gasteiger partial charge in [-0.05, 0) is 19.3 Å². The van der Waals surface area contributed by atoms with Gasteiger partial charge in [-0.2, -0.15) is 0 Å². The molecule has 0 aromatic carbocycles. The van der Waals surface area contributed by atoms with E-state index in [2.05, 4.69) is 17.2 Å². The zero-order chi connectivity index (χ0) is 13.0. The largest absolute Gasteiger partial charge is 0.361 e. The molecule has 2 rings (SSSR count). The third kappa shape index (κ3) is 2.90. The van der Waals surface area contributed by atoms with Gasteiger partial charge in [0.2, 0.25) is 0 Å². The van der Waals surface area contributed by atoms with E-state index in [4.69, 9.17) is 5.73 Å². The van der Waals surface area contributed by atoms with E-state index in [0.29, 0.717) is 5.82 Å². The van der Waals surface area contributed by atoms with Crippen LogP contribution < -0.4 is 16.6 Å². The Balaban J connectivity index is 2.13. The Morgan fingerprint density at radius 2 is 2.28 bits per heavy atom. The quantitative estimate of drug-likeness (QED) is 0.845. The fourth-order valence-corrected chi connectivity index (χ4v) is 2.48. The molecular formula is C13H22N4O. The SMILES string of the molecule is CCCn1ccnc(NC2CCCCC2N)c1=O. The van der Waals surface area contributed by atoms with Gasteiger partial charge in [0.15, 0.2) is 5.82 Å². The Labute approximate surface area is 107 Å². The molecule has 5 heteroatoms. The second-order valence-corrected chi connectivity index (χ2v) is 4.97. The van der Waals surface area contributed by atoms with E-state index >= 15 is 0 Å². The van der Waals surface area contributed by atoms with Gasteiger partial charge in [0, 0.05) is 31.0 Å². The van der Waals surface area contributed by atoms with Gasteiger partial charge in [-0.15, -0.1) is 0 Å². The molecule has 1 heterocycles. The molecule has 0 aliphatic heterocycles.